The Morgan fingerprint density at radius 2 is 0.733 bits per heavy atom. The number of aromatic nitrogens is 2. The second-order valence-electron chi connectivity index (χ2n) is 28.3. The third-order valence-electron chi connectivity index (χ3n) is 20.7. The highest BCUT2D eigenvalue weighted by molar-refractivity contribution is 6.29. The number of benzene rings is 12. The van der Waals surface area contributed by atoms with Gasteiger partial charge in [-0.05, 0) is 201 Å². The molecule has 4 nitrogen and oxygen atoms in total. The fourth-order valence-corrected chi connectivity index (χ4v) is 16.4. The van der Waals surface area contributed by atoms with E-state index in [-0.39, 0.29) is 22.9 Å². The standard InChI is InChI=1S/C86H82N4/c1-9-21-57-51-79(89(75-33-19-25-55-23-11-13-27-65(55)75)63-43-45-71-69-29-15-17-31-77(69)87(81(71)53-63)61-39-35-59(36-40-61)85(3,4)5)73-50-48-68-58(22-10-2)52-80(74-49-47-67(57)83(73)84(68)74)90(76-34-20-26-56-24-12-14-28-66(56)76)64-44-46-72-70-30-16-18-32-78(70)88(82(72)54-64)62-41-37-60(38-42-62)86(6,7)8/h11-18,23-24,27-32,35-54,75-76H,9-10,19-22,25-26,33-34H2,1-8H3. The third-order valence-corrected chi connectivity index (χ3v) is 20.7. The first-order valence-corrected chi connectivity index (χ1v) is 33.6. The molecular formula is C86H82N4. The molecule has 0 fully saturated rings. The number of para-hydroxylation sites is 2. The maximum Gasteiger partial charge on any atom is 0.0594 e. The third kappa shape index (κ3) is 9.13. The average molecular weight is 1170 g/mol. The second-order valence-corrected chi connectivity index (χ2v) is 28.3. The van der Waals surface area contributed by atoms with Crippen LogP contribution in [0, 0.1) is 0 Å². The fourth-order valence-electron chi connectivity index (χ4n) is 16.4. The maximum atomic E-state index is 2.80. The molecule has 12 aromatic carbocycles. The number of nitrogens with zero attached hydrogens (tertiary/aromatic N) is 4. The number of anilines is 4. The lowest BCUT2D eigenvalue weighted by molar-refractivity contribution is 0.559. The van der Waals surface area contributed by atoms with Crippen molar-refractivity contribution >= 4 is 98.7 Å². The minimum atomic E-state index is 0.0547. The van der Waals surface area contributed by atoms with Gasteiger partial charge < -0.3 is 18.9 Å². The Balaban J connectivity index is 0.965. The molecule has 4 heteroatoms. The molecule has 14 aromatic rings. The Hall–Kier alpha value is -9.12. The molecular weight excluding hydrogens is 1090 g/mol. The summed E-state index contributed by atoms with van der Waals surface area (Å²) in [5.74, 6) is 0. The Kier molecular flexibility index (Phi) is 13.6. The molecule has 90 heavy (non-hydrogen) atoms. The molecule has 2 atom stereocenters. The summed E-state index contributed by atoms with van der Waals surface area (Å²) < 4.78 is 5.05. The van der Waals surface area contributed by atoms with Gasteiger partial charge in [0.15, 0.2) is 0 Å². The molecule has 0 N–H and O–H groups in total. The Morgan fingerprint density at radius 1 is 0.367 bits per heavy atom. The summed E-state index contributed by atoms with van der Waals surface area (Å²) >= 11 is 0. The first-order valence-electron chi connectivity index (χ1n) is 33.6. The molecule has 0 bridgehead atoms. The van der Waals surface area contributed by atoms with Gasteiger partial charge >= 0.3 is 0 Å². The van der Waals surface area contributed by atoms with Gasteiger partial charge in [0.05, 0.1) is 34.2 Å². The van der Waals surface area contributed by atoms with Crippen molar-refractivity contribution in [2.75, 3.05) is 9.80 Å². The van der Waals surface area contributed by atoms with Crippen LogP contribution in [0.15, 0.2) is 218 Å². The first kappa shape index (κ1) is 56.1. The summed E-state index contributed by atoms with van der Waals surface area (Å²) in [5, 5.41) is 13.3. The van der Waals surface area contributed by atoms with E-state index in [1.165, 1.54) is 155 Å². The Labute approximate surface area is 531 Å². The first-order chi connectivity index (χ1) is 43.8. The van der Waals surface area contributed by atoms with Crippen LogP contribution in [0.1, 0.15) is 151 Å². The van der Waals surface area contributed by atoms with E-state index in [0.29, 0.717) is 0 Å². The molecule has 446 valence electrons. The molecule has 0 saturated heterocycles. The molecule has 0 spiro atoms. The van der Waals surface area contributed by atoms with E-state index >= 15 is 0 Å². The van der Waals surface area contributed by atoms with Crippen molar-refractivity contribution in [3.63, 3.8) is 0 Å². The normalized spacial score (nSPS) is 15.5. The van der Waals surface area contributed by atoms with Crippen LogP contribution in [0.2, 0.25) is 0 Å². The fraction of sp³-hybridized carbons (Fsp3) is 0.256. The molecule has 2 heterocycles. The summed E-state index contributed by atoms with van der Waals surface area (Å²) in [4.78, 5) is 5.61. The van der Waals surface area contributed by atoms with Gasteiger partial charge in [0, 0.05) is 66.4 Å². The molecule has 2 aromatic heterocycles. The monoisotopic (exact) mass is 1170 g/mol. The van der Waals surface area contributed by atoms with E-state index in [4.69, 9.17) is 0 Å². The van der Waals surface area contributed by atoms with Crippen molar-refractivity contribution in [1.29, 1.82) is 0 Å². The van der Waals surface area contributed by atoms with E-state index in [1.54, 1.807) is 0 Å². The van der Waals surface area contributed by atoms with Crippen LogP contribution >= 0.6 is 0 Å². The molecule has 2 aliphatic rings. The highest BCUT2D eigenvalue weighted by Crippen LogP contribution is 2.53. The zero-order valence-electron chi connectivity index (χ0n) is 53.8. The van der Waals surface area contributed by atoms with Gasteiger partial charge in [0.25, 0.3) is 0 Å². The van der Waals surface area contributed by atoms with Gasteiger partial charge in [-0.25, -0.2) is 0 Å². The van der Waals surface area contributed by atoms with E-state index in [0.717, 1.165) is 64.2 Å². The zero-order valence-corrected chi connectivity index (χ0v) is 53.8. The van der Waals surface area contributed by atoms with Gasteiger partial charge in [0.2, 0.25) is 0 Å². The van der Waals surface area contributed by atoms with Crippen molar-refractivity contribution in [3.8, 4) is 11.4 Å². The van der Waals surface area contributed by atoms with Crippen molar-refractivity contribution in [2.45, 2.75) is 143 Å². The Bertz CT molecular complexity index is 4760. The predicted molar refractivity (Wildman–Crippen MR) is 386 cm³/mol. The average Bonchev–Trinajstić information content (AvgIpc) is 0.732. The van der Waals surface area contributed by atoms with Gasteiger partial charge in [-0.15, -0.1) is 0 Å². The summed E-state index contributed by atoms with van der Waals surface area (Å²) in [6.45, 7) is 18.6. The molecule has 0 amide bonds. The number of hydrogen-bond donors (Lipinski definition) is 0. The molecule has 0 aliphatic heterocycles. The minimum Gasteiger partial charge on any atom is -0.333 e. The van der Waals surface area contributed by atoms with Crippen LogP contribution in [-0.4, -0.2) is 9.13 Å². The highest BCUT2D eigenvalue weighted by atomic mass is 15.2. The molecule has 0 saturated carbocycles. The summed E-state index contributed by atoms with van der Waals surface area (Å²) in [7, 11) is 0. The van der Waals surface area contributed by atoms with E-state index in [2.05, 4.69) is 293 Å². The quantitative estimate of drug-likeness (QED) is 0.113. The van der Waals surface area contributed by atoms with Crippen LogP contribution < -0.4 is 9.80 Å². The molecule has 2 unspecified atom stereocenters. The maximum absolute atomic E-state index is 2.80. The van der Waals surface area contributed by atoms with Crippen molar-refractivity contribution in [1.82, 2.24) is 9.13 Å². The topological polar surface area (TPSA) is 16.3 Å². The SMILES string of the molecule is CCCc1cc(N(c2ccc3c4ccccc4n(-c4ccc(C(C)(C)C)cc4)c3c2)C2CCCc3ccccc32)c2ccc3c(CCC)cc(N(c4ccc5c6ccccc6n(-c6ccc(C(C)(C)C)cc6)c5c4)C4CCCc5ccccc54)c4ccc1c2c34. The van der Waals surface area contributed by atoms with Gasteiger partial charge in [0.1, 0.15) is 0 Å². The summed E-state index contributed by atoms with van der Waals surface area (Å²) in [6.07, 6.45) is 10.7. The van der Waals surface area contributed by atoms with Gasteiger partial charge in [-0.1, -0.05) is 214 Å². The minimum absolute atomic E-state index is 0.0547. The number of rotatable bonds is 12. The second kappa shape index (κ2) is 21.8. The van der Waals surface area contributed by atoms with Crippen LogP contribution in [0.5, 0.6) is 0 Å². The van der Waals surface area contributed by atoms with Gasteiger partial charge in [-0.3, -0.25) is 0 Å². The van der Waals surface area contributed by atoms with E-state index < -0.39 is 0 Å². The van der Waals surface area contributed by atoms with Crippen molar-refractivity contribution in [2.24, 2.45) is 0 Å². The number of fused-ring (bicyclic) bond motifs is 8. The van der Waals surface area contributed by atoms with E-state index in [9.17, 15) is 0 Å². The molecule has 16 rings (SSSR count). The number of hydrogen-bond acceptors (Lipinski definition) is 2. The smallest absolute Gasteiger partial charge is 0.0594 e. The summed E-state index contributed by atoms with van der Waals surface area (Å²) in [5.41, 5.74) is 23.8. The van der Waals surface area contributed by atoms with Crippen LogP contribution in [0.25, 0.3) is 87.3 Å². The van der Waals surface area contributed by atoms with Crippen molar-refractivity contribution < 1.29 is 0 Å². The number of aryl methyl sites for hydroxylation is 4. The zero-order chi connectivity index (χ0) is 61.2. The van der Waals surface area contributed by atoms with Gasteiger partial charge in [-0.2, -0.15) is 0 Å². The van der Waals surface area contributed by atoms with Crippen molar-refractivity contribution in [3.05, 3.63) is 263 Å². The Morgan fingerprint density at radius 3 is 1.14 bits per heavy atom. The van der Waals surface area contributed by atoms with Crippen LogP contribution in [0.4, 0.5) is 22.7 Å². The van der Waals surface area contributed by atoms with Crippen LogP contribution in [-0.2, 0) is 36.5 Å². The largest absolute Gasteiger partial charge is 0.333 e. The lowest BCUT2D eigenvalue weighted by atomic mass is 9.83. The lowest BCUT2D eigenvalue weighted by Crippen LogP contribution is -2.28. The molecule has 2 aliphatic carbocycles. The highest BCUT2D eigenvalue weighted by Gasteiger charge is 2.34. The van der Waals surface area contributed by atoms with Crippen LogP contribution in [0.3, 0.4) is 0 Å². The lowest BCUT2D eigenvalue weighted by Gasteiger charge is -2.40. The predicted octanol–water partition coefficient (Wildman–Crippen LogP) is 23.7. The molecule has 0 radical (unpaired) electrons. The summed E-state index contributed by atoms with van der Waals surface area (Å²) in [6, 6.07) is 85.9. The van der Waals surface area contributed by atoms with E-state index in [1.807, 2.05) is 0 Å².